The van der Waals surface area contributed by atoms with Crippen LogP contribution in [0.3, 0.4) is 0 Å². The summed E-state index contributed by atoms with van der Waals surface area (Å²) in [5.41, 5.74) is -1.57. The molecule has 1 unspecified atom stereocenters. The van der Waals surface area contributed by atoms with E-state index in [0.717, 1.165) is 0 Å². The third kappa shape index (κ3) is 2.86. The quantitative estimate of drug-likeness (QED) is 0.568. The minimum atomic E-state index is -2.25. The Balaban J connectivity index is 3.08. The lowest BCUT2D eigenvalue weighted by atomic mass is 9.88. The molecule has 0 aliphatic heterocycles. The zero-order valence-electron chi connectivity index (χ0n) is 10.5. The van der Waals surface area contributed by atoms with Gasteiger partial charge in [-0.05, 0) is 12.5 Å². The van der Waals surface area contributed by atoms with E-state index < -0.39 is 11.6 Å². The number of carbonyl (C=O) groups is 1. The molecule has 0 spiro atoms. The van der Waals surface area contributed by atoms with Crippen molar-refractivity contribution < 1.29 is 13.9 Å². The summed E-state index contributed by atoms with van der Waals surface area (Å²) in [5.74, 6) is -0.918. The van der Waals surface area contributed by atoms with E-state index in [9.17, 15) is 9.18 Å². The molecule has 1 rings (SSSR count). The Bertz CT molecular complexity index is 439. The summed E-state index contributed by atoms with van der Waals surface area (Å²) in [4.78, 5) is 11.8. The summed E-state index contributed by atoms with van der Waals surface area (Å²) >= 11 is 0. The topological polar surface area (TPSA) is 26.3 Å². The summed E-state index contributed by atoms with van der Waals surface area (Å²) in [6.45, 7) is 8.94. The summed E-state index contributed by atoms with van der Waals surface area (Å²) in [5, 5.41) is 0. The van der Waals surface area contributed by atoms with E-state index in [1.807, 2.05) is 6.07 Å². The van der Waals surface area contributed by atoms with Crippen LogP contribution < -0.4 is 0 Å². The van der Waals surface area contributed by atoms with Crippen LogP contribution in [-0.4, -0.2) is 18.2 Å². The largest absolute Gasteiger partial charge is 0.463 e. The zero-order valence-corrected chi connectivity index (χ0v) is 10.5. The fraction of sp³-hybridized carbons (Fsp3) is 0.267. The van der Waals surface area contributed by atoms with Gasteiger partial charge in [-0.25, -0.2) is 9.18 Å². The summed E-state index contributed by atoms with van der Waals surface area (Å²) in [6.07, 6.45) is 1.20. The second-order valence-electron chi connectivity index (χ2n) is 3.86. The maximum Gasteiger partial charge on any atom is 0.348 e. The Hall–Kier alpha value is -1.90. The molecule has 0 saturated heterocycles. The number of hydrogen-bond acceptors (Lipinski definition) is 2. The highest BCUT2D eigenvalue weighted by Crippen LogP contribution is 2.34. The molecule has 0 aliphatic rings. The van der Waals surface area contributed by atoms with Crippen LogP contribution in [0.15, 0.2) is 49.6 Å². The third-order valence-electron chi connectivity index (χ3n) is 2.63. The summed E-state index contributed by atoms with van der Waals surface area (Å²) < 4.78 is 19.6. The number of esters is 1. The predicted octanol–water partition coefficient (Wildman–Crippen LogP) is 3.55. The van der Waals surface area contributed by atoms with E-state index in [-0.39, 0.29) is 18.6 Å². The first-order valence-corrected chi connectivity index (χ1v) is 5.78. The van der Waals surface area contributed by atoms with Crippen molar-refractivity contribution in [1.82, 2.24) is 0 Å². The van der Waals surface area contributed by atoms with Crippen molar-refractivity contribution >= 4 is 11.5 Å². The fourth-order valence-corrected chi connectivity index (χ4v) is 1.64. The Labute approximate surface area is 107 Å². The van der Waals surface area contributed by atoms with Gasteiger partial charge in [0.05, 0.1) is 6.61 Å². The molecule has 18 heavy (non-hydrogen) atoms. The van der Waals surface area contributed by atoms with Crippen molar-refractivity contribution in [3.8, 4) is 0 Å². The molecule has 0 aromatic heterocycles. The van der Waals surface area contributed by atoms with Crippen molar-refractivity contribution in [2.45, 2.75) is 19.0 Å². The highest BCUT2D eigenvalue weighted by Gasteiger charge is 2.42. The van der Waals surface area contributed by atoms with Gasteiger partial charge in [0.1, 0.15) is 0 Å². The molecule has 0 fully saturated rings. The Kier molecular flexibility index (Phi) is 4.84. The average Bonchev–Trinajstić information content (AvgIpc) is 2.39. The first-order chi connectivity index (χ1) is 8.56. The molecule has 0 heterocycles. The lowest BCUT2D eigenvalue weighted by molar-refractivity contribution is -0.153. The van der Waals surface area contributed by atoms with E-state index >= 15 is 0 Å². The van der Waals surface area contributed by atoms with Crippen molar-refractivity contribution in [1.29, 1.82) is 0 Å². The maximum absolute atomic E-state index is 14.8. The van der Waals surface area contributed by atoms with Crippen molar-refractivity contribution in [3.05, 3.63) is 55.1 Å². The van der Waals surface area contributed by atoms with Gasteiger partial charge < -0.3 is 4.74 Å². The Morgan fingerprint density at radius 1 is 1.44 bits per heavy atom. The van der Waals surface area contributed by atoms with Crippen LogP contribution in [0.25, 0.3) is 5.57 Å². The first kappa shape index (κ1) is 14.2. The molecular weight excluding hydrogens is 231 g/mol. The predicted molar refractivity (Wildman–Crippen MR) is 70.8 cm³/mol. The first-order valence-electron chi connectivity index (χ1n) is 5.78. The van der Waals surface area contributed by atoms with Gasteiger partial charge in [-0.2, -0.15) is 0 Å². The standard InChI is InChI=1S/C15H17FO2/c1-4-11-15(16,14(17)18-5-2)12(3)13-9-7-6-8-10-13/h4,6-10H,1,3,5,11H2,2H3. The van der Waals surface area contributed by atoms with E-state index in [1.165, 1.54) is 6.08 Å². The molecule has 1 atom stereocenters. The molecule has 0 radical (unpaired) electrons. The maximum atomic E-state index is 14.8. The summed E-state index contributed by atoms with van der Waals surface area (Å²) in [6, 6.07) is 8.76. The van der Waals surface area contributed by atoms with Crippen molar-refractivity contribution in [2.75, 3.05) is 6.61 Å². The molecule has 2 nitrogen and oxygen atoms in total. The lowest BCUT2D eigenvalue weighted by Gasteiger charge is -2.24. The minimum absolute atomic E-state index is 0.0986. The number of ether oxygens (including phenoxy) is 1. The zero-order chi connectivity index (χ0) is 13.6. The van der Waals surface area contributed by atoms with Gasteiger partial charge in [-0.3, -0.25) is 0 Å². The monoisotopic (exact) mass is 248 g/mol. The number of alkyl halides is 1. The Morgan fingerprint density at radius 2 is 2.06 bits per heavy atom. The van der Waals surface area contributed by atoms with E-state index in [1.54, 1.807) is 31.2 Å². The van der Waals surface area contributed by atoms with Gasteiger partial charge in [-0.1, -0.05) is 43.0 Å². The van der Waals surface area contributed by atoms with Crippen LogP contribution in [0.4, 0.5) is 4.39 Å². The Morgan fingerprint density at radius 3 is 2.56 bits per heavy atom. The smallest absolute Gasteiger partial charge is 0.348 e. The van der Waals surface area contributed by atoms with Crippen LogP contribution in [0, 0.1) is 0 Å². The van der Waals surface area contributed by atoms with Crippen molar-refractivity contribution in [2.24, 2.45) is 0 Å². The molecule has 96 valence electrons. The molecule has 0 bridgehead atoms. The molecular formula is C15H17FO2. The molecule has 0 N–H and O–H groups in total. The number of benzene rings is 1. The van der Waals surface area contributed by atoms with Gasteiger partial charge in [0.15, 0.2) is 0 Å². The molecule has 0 saturated carbocycles. The molecule has 1 aromatic carbocycles. The molecule has 0 aliphatic carbocycles. The fourth-order valence-electron chi connectivity index (χ4n) is 1.64. The SMILES string of the molecule is C=CCC(F)(C(=C)c1ccccc1)C(=O)OCC. The highest BCUT2D eigenvalue weighted by atomic mass is 19.1. The minimum Gasteiger partial charge on any atom is -0.463 e. The van der Waals surface area contributed by atoms with Crippen LogP contribution in [-0.2, 0) is 9.53 Å². The average molecular weight is 248 g/mol. The van der Waals surface area contributed by atoms with E-state index in [4.69, 9.17) is 4.74 Å². The van der Waals surface area contributed by atoms with Crippen LogP contribution >= 0.6 is 0 Å². The van der Waals surface area contributed by atoms with Crippen molar-refractivity contribution in [3.63, 3.8) is 0 Å². The van der Waals surface area contributed by atoms with Crippen LogP contribution in [0.5, 0.6) is 0 Å². The molecule has 3 heteroatoms. The number of allylic oxidation sites excluding steroid dienone is 1. The van der Waals surface area contributed by atoms with Gasteiger partial charge in [0, 0.05) is 12.0 Å². The van der Waals surface area contributed by atoms with Gasteiger partial charge in [0.25, 0.3) is 0 Å². The van der Waals surface area contributed by atoms with Crippen LogP contribution in [0.2, 0.25) is 0 Å². The van der Waals surface area contributed by atoms with Gasteiger partial charge >= 0.3 is 5.97 Å². The second-order valence-corrected chi connectivity index (χ2v) is 3.86. The van der Waals surface area contributed by atoms with Gasteiger partial charge in [-0.15, -0.1) is 6.58 Å². The number of rotatable bonds is 6. The number of hydrogen-bond donors (Lipinski definition) is 0. The van der Waals surface area contributed by atoms with E-state index in [0.29, 0.717) is 5.56 Å². The molecule has 0 amide bonds. The lowest BCUT2D eigenvalue weighted by Crippen LogP contribution is -2.36. The van der Waals surface area contributed by atoms with Crippen LogP contribution in [0.1, 0.15) is 18.9 Å². The normalized spacial score (nSPS) is 13.4. The van der Waals surface area contributed by atoms with Gasteiger partial charge in [0.2, 0.25) is 5.67 Å². The highest BCUT2D eigenvalue weighted by molar-refractivity contribution is 5.95. The number of halogens is 1. The van der Waals surface area contributed by atoms with E-state index in [2.05, 4.69) is 13.2 Å². The summed E-state index contributed by atoms with van der Waals surface area (Å²) in [7, 11) is 0. The molecule has 1 aromatic rings. The second kappa shape index (κ2) is 6.15. The number of carbonyl (C=O) groups excluding carboxylic acids is 1. The third-order valence-corrected chi connectivity index (χ3v) is 2.63.